The van der Waals surface area contributed by atoms with Gasteiger partial charge in [0, 0.05) is 40.3 Å². The molecule has 0 radical (unpaired) electrons. The molecule has 0 aliphatic heterocycles. The summed E-state index contributed by atoms with van der Waals surface area (Å²) in [7, 11) is 0. The predicted octanol–water partition coefficient (Wildman–Crippen LogP) is 6.64. The predicted molar refractivity (Wildman–Crippen MR) is 149 cm³/mol. The monoisotopic (exact) mass is 590 g/mol. The average molecular weight is 592 g/mol. The summed E-state index contributed by atoms with van der Waals surface area (Å²) in [6.07, 6.45) is 1.19. The van der Waals surface area contributed by atoms with Crippen LogP contribution in [-0.2, 0) is 28.3 Å². The molecule has 2 amide bonds. The van der Waals surface area contributed by atoms with Crippen molar-refractivity contribution in [2.45, 2.75) is 38.1 Å². The van der Waals surface area contributed by atoms with Gasteiger partial charge in [-0.15, -0.1) is 11.8 Å². The maximum Gasteiger partial charge on any atom is 0.243 e. The first-order valence-corrected chi connectivity index (χ1v) is 14.1. The fourth-order valence-electron chi connectivity index (χ4n) is 3.70. The lowest BCUT2D eigenvalue weighted by Crippen LogP contribution is -2.51. The molecule has 3 rings (SSSR count). The third-order valence-corrected chi connectivity index (χ3v) is 7.45. The molecule has 0 saturated carbocycles. The number of carbonyl (C=O) groups is 2. The molecule has 36 heavy (non-hydrogen) atoms. The number of amides is 2. The zero-order chi connectivity index (χ0) is 25.9. The molecule has 0 aromatic heterocycles. The van der Waals surface area contributed by atoms with Gasteiger partial charge in [0.1, 0.15) is 11.9 Å². The standard InChI is InChI=1S/C28H29BrClFN2O2S/c1-2-15-32-28(35)26(16-20-7-4-3-5-8-20)33(17-21-11-13-22(29)14-12-21)27(34)19-36-18-23-24(30)9-6-10-25(23)31/h3-14,26H,2,15-19H2,1H3,(H,32,35). The van der Waals surface area contributed by atoms with Crippen LogP contribution >= 0.6 is 39.3 Å². The van der Waals surface area contributed by atoms with Gasteiger partial charge in [0.05, 0.1) is 5.75 Å². The fourth-order valence-corrected chi connectivity index (χ4v) is 5.21. The maximum atomic E-state index is 14.2. The largest absolute Gasteiger partial charge is 0.354 e. The number of benzene rings is 3. The zero-order valence-electron chi connectivity index (χ0n) is 20.1. The Morgan fingerprint density at radius 2 is 1.75 bits per heavy atom. The Bertz CT molecular complexity index is 1130. The van der Waals surface area contributed by atoms with Gasteiger partial charge in [0.2, 0.25) is 11.8 Å². The minimum Gasteiger partial charge on any atom is -0.354 e. The van der Waals surface area contributed by atoms with Gasteiger partial charge in [-0.1, -0.05) is 83.0 Å². The van der Waals surface area contributed by atoms with E-state index in [-0.39, 0.29) is 29.9 Å². The first-order chi connectivity index (χ1) is 17.4. The average Bonchev–Trinajstić information content (AvgIpc) is 2.88. The maximum absolute atomic E-state index is 14.2. The Hall–Kier alpha value is -2.35. The summed E-state index contributed by atoms with van der Waals surface area (Å²) in [4.78, 5) is 28.5. The Labute approximate surface area is 229 Å². The van der Waals surface area contributed by atoms with E-state index in [2.05, 4.69) is 21.2 Å². The number of thioether (sulfide) groups is 1. The van der Waals surface area contributed by atoms with Crippen LogP contribution in [0.4, 0.5) is 4.39 Å². The normalized spacial score (nSPS) is 11.7. The fraction of sp³-hybridized carbons (Fsp3) is 0.286. The lowest BCUT2D eigenvalue weighted by molar-refractivity contribution is -0.139. The Morgan fingerprint density at radius 1 is 1.03 bits per heavy atom. The molecule has 0 aliphatic rings. The second kappa shape index (κ2) is 14.4. The summed E-state index contributed by atoms with van der Waals surface area (Å²) in [6, 6.07) is 21.2. The van der Waals surface area contributed by atoms with E-state index in [1.165, 1.54) is 17.8 Å². The summed E-state index contributed by atoms with van der Waals surface area (Å²) >= 11 is 10.9. The van der Waals surface area contributed by atoms with Crippen LogP contribution in [0.15, 0.2) is 77.3 Å². The number of nitrogens with one attached hydrogen (secondary N) is 1. The summed E-state index contributed by atoms with van der Waals surface area (Å²) in [5.41, 5.74) is 2.25. The van der Waals surface area contributed by atoms with E-state index in [1.807, 2.05) is 61.5 Å². The zero-order valence-corrected chi connectivity index (χ0v) is 23.2. The Balaban J connectivity index is 1.84. The van der Waals surface area contributed by atoms with Crippen LogP contribution in [0.25, 0.3) is 0 Å². The number of halogens is 3. The second-order valence-corrected chi connectivity index (χ2v) is 10.6. The number of hydrogen-bond acceptors (Lipinski definition) is 3. The van der Waals surface area contributed by atoms with Gasteiger partial charge in [-0.3, -0.25) is 9.59 Å². The molecule has 8 heteroatoms. The van der Waals surface area contributed by atoms with Crippen molar-refractivity contribution < 1.29 is 14.0 Å². The van der Waals surface area contributed by atoms with E-state index in [1.54, 1.807) is 17.0 Å². The summed E-state index contributed by atoms with van der Waals surface area (Å²) in [5.74, 6) is -0.422. The first kappa shape index (κ1) is 28.2. The van der Waals surface area contributed by atoms with E-state index in [0.717, 1.165) is 22.0 Å². The van der Waals surface area contributed by atoms with E-state index in [0.29, 0.717) is 23.6 Å². The first-order valence-electron chi connectivity index (χ1n) is 11.7. The van der Waals surface area contributed by atoms with Crippen molar-refractivity contribution in [1.29, 1.82) is 0 Å². The molecule has 1 unspecified atom stereocenters. The number of carbonyl (C=O) groups excluding carboxylic acids is 2. The molecule has 1 N–H and O–H groups in total. The Kier molecular flexibility index (Phi) is 11.3. The van der Waals surface area contributed by atoms with Gasteiger partial charge in [0.15, 0.2) is 0 Å². The highest BCUT2D eigenvalue weighted by Gasteiger charge is 2.30. The van der Waals surface area contributed by atoms with Gasteiger partial charge in [-0.05, 0) is 41.8 Å². The van der Waals surface area contributed by atoms with Crippen molar-refractivity contribution in [2.24, 2.45) is 0 Å². The molecule has 1 atom stereocenters. The van der Waals surface area contributed by atoms with Crippen molar-refractivity contribution in [3.05, 3.63) is 105 Å². The molecular weight excluding hydrogens is 563 g/mol. The van der Waals surface area contributed by atoms with Crippen LogP contribution in [0.2, 0.25) is 5.02 Å². The van der Waals surface area contributed by atoms with Gasteiger partial charge in [-0.2, -0.15) is 0 Å². The molecule has 4 nitrogen and oxygen atoms in total. The minimum atomic E-state index is -0.687. The van der Waals surface area contributed by atoms with Crippen molar-refractivity contribution >= 4 is 51.1 Å². The number of nitrogens with zero attached hydrogens (tertiary/aromatic N) is 1. The number of hydrogen-bond donors (Lipinski definition) is 1. The van der Waals surface area contributed by atoms with E-state index in [4.69, 9.17) is 11.6 Å². The lowest BCUT2D eigenvalue weighted by Gasteiger charge is -2.31. The quantitative estimate of drug-likeness (QED) is 0.257. The molecule has 0 bridgehead atoms. The highest BCUT2D eigenvalue weighted by atomic mass is 79.9. The molecule has 190 valence electrons. The Morgan fingerprint density at radius 3 is 2.42 bits per heavy atom. The van der Waals surface area contributed by atoms with E-state index < -0.39 is 11.9 Å². The van der Waals surface area contributed by atoms with Gasteiger partial charge in [-0.25, -0.2) is 4.39 Å². The van der Waals surface area contributed by atoms with Crippen molar-refractivity contribution in [3.8, 4) is 0 Å². The van der Waals surface area contributed by atoms with Crippen LogP contribution in [0.1, 0.15) is 30.0 Å². The highest BCUT2D eigenvalue weighted by molar-refractivity contribution is 9.10. The van der Waals surface area contributed by atoms with Crippen molar-refractivity contribution in [2.75, 3.05) is 12.3 Å². The molecule has 0 heterocycles. The van der Waals surface area contributed by atoms with Gasteiger partial charge < -0.3 is 10.2 Å². The van der Waals surface area contributed by atoms with E-state index in [9.17, 15) is 14.0 Å². The topological polar surface area (TPSA) is 49.4 Å². The van der Waals surface area contributed by atoms with Crippen molar-refractivity contribution in [1.82, 2.24) is 10.2 Å². The molecular formula is C28H29BrClFN2O2S. The van der Waals surface area contributed by atoms with Gasteiger partial charge in [0.25, 0.3) is 0 Å². The highest BCUT2D eigenvalue weighted by Crippen LogP contribution is 2.25. The number of rotatable bonds is 12. The summed E-state index contributed by atoms with van der Waals surface area (Å²) < 4.78 is 15.1. The second-order valence-electron chi connectivity index (χ2n) is 8.34. The molecule has 0 spiro atoms. The molecule has 0 saturated heterocycles. The minimum absolute atomic E-state index is 0.0908. The van der Waals surface area contributed by atoms with Crippen LogP contribution in [0, 0.1) is 5.82 Å². The third kappa shape index (κ3) is 8.36. The lowest BCUT2D eigenvalue weighted by atomic mass is 10.0. The molecule has 0 fully saturated rings. The van der Waals surface area contributed by atoms with E-state index >= 15 is 0 Å². The third-order valence-electron chi connectivity index (χ3n) is 5.62. The molecule has 3 aromatic carbocycles. The van der Waals surface area contributed by atoms with Crippen LogP contribution in [-0.4, -0.2) is 35.1 Å². The molecule has 3 aromatic rings. The molecule has 0 aliphatic carbocycles. The van der Waals surface area contributed by atoms with Gasteiger partial charge >= 0.3 is 0 Å². The smallest absolute Gasteiger partial charge is 0.243 e. The summed E-state index contributed by atoms with van der Waals surface area (Å²) in [5, 5.41) is 3.30. The summed E-state index contributed by atoms with van der Waals surface area (Å²) in [6.45, 7) is 2.80. The van der Waals surface area contributed by atoms with Crippen LogP contribution in [0.5, 0.6) is 0 Å². The van der Waals surface area contributed by atoms with Crippen LogP contribution < -0.4 is 5.32 Å². The van der Waals surface area contributed by atoms with Crippen LogP contribution in [0.3, 0.4) is 0 Å². The SMILES string of the molecule is CCCNC(=O)C(Cc1ccccc1)N(Cc1ccc(Br)cc1)C(=O)CSCc1c(F)cccc1Cl. The van der Waals surface area contributed by atoms with Crippen molar-refractivity contribution in [3.63, 3.8) is 0 Å².